The standard InChI is InChI=1S/C28H24F3N3O8/c1-14(26(35)36)19-12-41-24-10-15(6-8-17(19)24)33(27(37)28(29,30)31)23-13-42-25-18(23)4-3-5-20(25)32-21-11-16(40-2)7-9-22(21)34(38)39/h3-11,14,19,23,32H,12-13H2,1-2H3,(H,35,36)/t14?,19-,23+/m0/s1. The number of hydrogen-bond donors (Lipinski definition) is 2. The van der Waals surface area contributed by atoms with Crippen LogP contribution in [0.4, 0.5) is 35.9 Å². The fourth-order valence-electron chi connectivity index (χ4n) is 5.12. The first kappa shape index (κ1) is 28.5. The maximum atomic E-state index is 13.9. The van der Waals surface area contributed by atoms with E-state index in [-0.39, 0.29) is 53.0 Å². The zero-order valence-electron chi connectivity index (χ0n) is 22.2. The molecule has 14 heteroatoms. The maximum absolute atomic E-state index is 13.9. The predicted molar refractivity (Wildman–Crippen MR) is 143 cm³/mol. The Morgan fingerprint density at radius 2 is 1.86 bits per heavy atom. The smallest absolute Gasteiger partial charge is 0.471 e. The number of amides is 1. The monoisotopic (exact) mass is 587 g/mol. The lowest BCUT2D eigenvalue weighted by molar-refractivity contribution is -0.383. The molecule has 220 valence electrons. The summed E-state index contributed by atoms with van der Waals surface area (Å²) in [4.78, 5) is 35.9. The van der Waals surface area contributed by atoms with Gasteiger partial charge >= 0.3 is 18.1 Å². The van der Waals surface area contributed by atoms with Gasteiger partial charge in [-0.3, -0.25) is 24.6 Å². The number of nitro benzene ring substituents is 1. The van der Waals surface area contributed by atoms with Crippen LogP contribution in [0.1, 0.15) is 30.0 Å². The van der Waals surface area contributed by atoms with Crippen LogP contribution in [0.5, 0.6) is 17.2 Å². The number of nitrogens with one attached hydrogen (secondary N) is 1. The normalized spacial score (nSPS) is 17.7. The molecule has 2 N–H and O–H groups in total. The van der Waals surface area contributed by atoms with Gasteiger partial charge in [0.1, 0.15) is 29.5 Å². The van der Waals surface area contributed by atoms with E-state index in [0.717, 1.165) is 0 Å². The number of alkyl halides is 3. The highest BCUT2D eigenvalue weighted by molar-refractivity contribution is 5.98. The van der Waals surface area contributed by atoms with Gasteiger partial charge in [0.15, 0.2) is 0 Å². The summed E-state index contributed by atoms with van der Waals surface area (Å²) in [7, 11) is 1.39. The van der Waals surface area contributed by atoms with E-state index in [4.69, 9.17) is 14.2 Å². The van der Waals surface area contributed by atoms with Gasteiger partial charge in [-0.25, -0.2) is 0 Å². The number of nitrogens with zero attached hydrogens (tertiary/aromatic N) is 2. The number of carbonyl (C=O) groups excluding carboxylic acids is 1. The number of rotatable bonds is 8. The number of nitro groups is 1. The van der Waals surface area contributed by atoms with Gasteiger partial charge in [-0.05, 0) is 18.2 Å². The second kappa shape index (κ2) is 10.8. The van der Waals surface area contributed by atoms with Crippen LogP contribution < -0.4 is 24.4 Å². The Bertz CT molecular complexity index is 1580. The molecule has 0 fully saturated rings. The van der Waals surface area contributed by atoms with Crippen LogP contribution in [0, 0.1) is 16.0 Å². The third-order valence-corrected chi connectivity index (χ3v) is 7.32. The molecule has 3 aromatic rings. The molecular weight excluding hydrogens is 563 g/mol. The Morgan fingerprint density at radius 1 is 1.10 bits per heavy atom. The van der Waals surface area contributed by atoms with Crippen molar-refractivity contribution in [3.63, 3.8) is 0 Å². The van der Waals surface area contributed by atoms with Crippen LogP contribution in [0.15, 0.2) is 54.6 Å². The van der Waals surface area contributed by atoms with Gasteiger partial charge in [0, 0.05) is 40.9 Å². The van der Waals surface area contributed by atoms with Gasteiger partial charge in [0.2, 0.25) is 0 Å². The largest absolute Gasteiger partial charge is 0.497 e. The molecule has 3 aromatic carbocycles. The van der Waals surface area contributed by atoms with E-state index in [1.165, 1.54) is 68.6 Å². The van der Waals surface area contributed by atoms with Crippen LogP contribution in [0.25, 0.3) is 0 Å². The molecule has 2 heterocycles. The minimum atomic E-state index is -5.24. The van der Waals surface area contributed by atoms with Crippen molar-refractivity contribution in [2.75, 3.05) is 30.5 Å². The number of carboxylic acid groups (broad SMARTS) is 1. The molecule has 2 aliphatic heterocycles. The number of carboxylic acids is 1. The first-order chi connectivity index (χ1) is 19.9. The number of methoxy groups -OCH3 is 1. The van der Waals surface area contributed by atoms with Crippen LogP contribution in [0.3, 0.4) is 0 Å². The van der Waals surface area contributed by atoms with Crippen molar-refractivity contribution >= 4 is 34.6 Å². The second-order valence-electron chi connectivity index (χ2n) is 9.76. The van der Waals surface area contributed by atoms with Gasteiger partial charge in [0.05, 0.1) is 36.3 Å². The Kier molecular flexibility index (Phi) is 7.31. The number of halogens is 3. The summed E-state index contributed by atoms with van der Waals surface area (Å²) in [5, 5.41) is 23.9. The lowest BCUT2D eigenvalue weighted by atomic mass is 9.89. The third-order valence-electron chi connectivity index (χ3n) is 7.32. The Hall–Kier alpha value is -5.01. The number of ether oxygens (including phenoxy) is 3. The molecule has 0 aromatic heterocycles. The van der Waals surface area contributed by atoms with E-state index in [0.29, 0.717) is 16.2 Å². The molecule has 1 unspecified atom stereocenters. The Morgan fingerprint density at radius 3 is 2.52 bits per heavy atom. The highest BCUT2D eigenvalue weighted by atomic mass is 19.4. The van der Waals surface area contributed by atoms with E-state index >= 15 is 0 Å². The molecule has 2 aliphatic rings. The van der Waals surface area contributed by atoms with Crippen molar-refractivity contribution in [3.8, 4) is 17.2 Å². The summed E-state index contributed by atoms with van der Waals surface area (Å²) < 4.78 is 58.2. The lowest BCUT2D eigenvalue weighted by Crippen LogP contribution is -2.44. The molecule has 11 nitrogen and oxygen atoms in total. The molecule has 1 amide bonds. The summed E-state index contributed by atoms with van der Waals surface area (Å²) in [6.45, 7) is 1.20. The van der Waals surface area contributed by atoms with Crippen molar-refractivity contribution in [1.82, 2.24) is 0 Å². The van der Waals surface area contributed by atoms with Crippen molar-refractivity contribution in [2.24, 2.45) is 5.92 Å². The molecule has 0 saturated heterocycles. The molecule has 0 aliphatic carbocycles. The number of anilines is 3. The fourth-order valence-corrected chi connectivity index (χ4v) is 5.12. The van der Waals surface area contributed by atoms with Crippen LogP contribution in [-0.2, 0) is 9.59 Å². The van der Waals surface area contributed by atoms with Gasteiger partial charge < -0.3 is 24.6 Å². The highest BCUT2D eigenvalue weighted by Crippen LogP contribution is 2.47. The number of aliphatic carboxylic acids is 1. The van der Waals surface area contributed by atoms with Crippen LogP contribution >= 0.6 is 0 Å². The zero-order valence-corrected chi connectivity index (χ0v) is 22.2. The molecular formula is C28H24F3N3O8. The Balaban J connectivity index is 1.53. The third kappa shape index (κ3) is 5.10. The molecule has 5 rings (SSSR count). The number of fused-ring (bicyclic) bond motifs is 2. The van der Waals surface area contributed by atoms with E-state index in [1.54, 1.807) is 0 Å². The molecule has 0 radical (unpaired) electrons. The summed E-state index contributed by atoms with van der Waals surface area (Å²) in [5.74, 6) is -3.86. The summed E-state index contributed by atoms with van der Waals surface area (Å²) >= 11 is 0. The average molecular weight is 588 g/mol. The van der Waals surface area contributed by atoms with Crippen molar-refractivity contribution < 1.29 is 47.0 Å². The molecule has 3 atom stereocenters. The molecule has 0 spiro atoms. The van der Waals surface area contributed by atoms with Crippen LogP contribution in [-0.4, -0.2) is 48.4 Å². The number of carbonyl (C=O) groups is 2. The van der Waals surface area contributed by atoms with Gasteiger partial charge in [0.25, 0.3) is 5.69 Å². The minimum absolute atomic E-state index is 0.0281. The van der Waals surface area contributed by atoms with Gasteiger partial charge in [-0.1, -0.05) is 25.1 Å². The molecule has 0 saturated carbocycles. The highest BCUT2D eigenvalue weighted by Gasteiger charge is 2.48. The van der Waals surface area contributed by atoms with Crippen molar-refractivity contribution in [1.29, 1.82) is 0 Å². The van der Waals surface area contributed by atoms with E-state index in [9.17, 15) is 38.0 Å². The number of hydrogen-bond acceptors (Lipinski definition) is 8. The number of para-hydroxylation sites is 1. The van der Waals surface area contributed by atoms with E-state index in [1.807, 2.05) is 0 Å². The average Bonchev–Trinajstić information content (AvgIpc) is 3.57. The van der Waals surface area contributed by atoms with E-state index in [2.05, 4.69) is 5.32 Å². The Labute approximate surface area is 236 Å². The molecule has 0 bridgehead atoms. The lowest BCUT2D eigenvalue weighted by Gasteiger charge is -2.29. The van der Waals surface area contributed by atoms with Gasteiger partial charge in [-0.2, -0.15) is 13.2 Å². The number of benzene rings is 3. The van der Waals surface area contributed by atoms with E-state index < -0.39 is 40.9 Å². The predicted octanol–water partition coefficient (Wildman–Crippen LogP) is 5.57. The quantitative estimate of drug-likeness (QED) is 0.256. The minimum Gasteiger partial charge on any atom is -0.497 e. The summed E-state index contributed by atoms with van der Waals surface area (Å²) in [6.07, 6.45) is -5.24. The maximum Gasteiger partial charge on any atom is 0.471 e. The van der Waals surface area contributed by atoms with Crippen molar-refractivity contribution in [3.05, 3.63) is 75.8 Å². The van der Waals surface area contributed by atoms with Crippen molar-refractivity contribution in [2.45, 2.75) is 25.1 Å². The van der Waals surface area contributed by atoms with Gasteiger partial charge in [-0.15, -0.1) is 0 Å². The summed E-state index contributed by atoms with van der Waals surface area (Å²) in [5.41, 5.74) is 0.648. The zero-order chi connectivity index (χ0) is 30.3. The fraction of sp³-hybridized carbons (Fsp3) is 0.286. The SMILES string of the molecule is COc1ccc([N+](=O)[O-])c(Nc2cccc3c2OC[C@H]3N(C(=O)C(F)(F)F)c2ccc3c(c2)OC[C@H]3C(C)C(=O)O)c1. The first-order valence-electron chi connectivity index (χ1n) is 12.7. The first-order valence-corrected chi connectivity index (χ1v) is 12.7. The van der Waals surface area contributed by atoms with Crippen LogP contribution in [0.2, 0.25) is 0 Å². The summed E-state index contributed by atoms with van der Waals surface area (Å²) in [6, 6.07) is 11.5. The molecule has 42 heavy (non-hydrogen) atoms. The second-order valence-corrected chi connectivity index (χ2v) is 9.76. The topological polar surface area (TPSA) is 140 Å².